The van der Waals surface area contributed by atoms with E-state index in [4.69, 9.17) is 0 Å². The highest BCUT2D eigenvalue weighted by Gasteiger charge is 2.40. The van der Waals surface area contributed by atoms with E-state index in [1.807, 2.05) is 7.05 Å². The molecule has 0 aromatic carbocycles. The van der Waals surface area contributed by atoms with Gasteiger partial charge < -0.3 is 10.0 Å². The van der Waals surface area contributed by atoms with Crippen LogP contribution >= 0.6 is 0 Å². The molecule has 1 aliphatic rings. The Hall–Kier alpha value is -1.49. The second-order valence-corrected chi connectivity index (χ2v) is 5.48. The van der Waals surface area contributed by atoms with Gasteiger partial charge in [0, 0.05) is 25.1 Å². The third kappa shape index (κ3) is 3.50. The fraction of sp³-hybridized carbons (Fsp3) is 0.643. The summed E-state index contributed by atoms with van der Waals surface area (Å²) in [6, 6.07) is 0. The van der Waals surface area contributed by atoms with Crippen LogP contribution in [-0.2, 0) is 11.2 Å². The number of nitrogens with zero attached hydrogens (tertiary/aromatic N) is 3. The van der Waals surface area contributed by atoms with Gasteiger partial charge in [0.2, 0.25) is 0 Å². The number of carbonyl (C=O) groups is 1. The monoisotopic (exact) mass is 263 g/mol. The van der Waals surface area contributed by atoms with Crippen LogP contribution in [-0.4, -0.2) is 46.1 Å². The highest BCUT2D eigenvalue weighted by Crippen LogP contribution is 2.34. The molecule has 1 aliphatic heterocycles. The standard InChI is InChI=1S/C14H21N3O2/c1-17-9-3-6-14(11-17,13(18)19)5-2-4-12-10-15-7-8-16-12/h7-8,10H,2-6,9,11H2,1H3,(H,18,19). The second-order valence-electron chi connectivity index (χ2n) is 5.48. The fourth-order valence-corrected chi connectivity index (χ4v) is 2.91. The Morgan fingerprint density at radius 1 is 1.53 bits per heavy atom. The Morgan fingerprint density at radius 2 is 2.37 bits per heavy atom. The van der Waals surface area contributed by atoms with Crippen molar-refractivity contribution in [1.29, 1.82) is 0 Å². The van der Waals surface area contributed by atoms with E-state index in [2.05, 4.69) is 14.9 Å². The molecule has 104 valence electrons. The zero-order valence-corrected chi connectivity index (χ0v) is 11.4. The molecular formula is C14H21N3O2. The average molecular weight is 263 g/mol. The van der Waals surface area contributed by atoms with Gasteiger partial charge in [-0.1, -0.05) is 0 Å². The summed E-state index contributed by atoms with van der Waals surface area (Å²) in [5.74, 6) is -0.654. The molecule has 0 saturated carbocycles. The van der Waals surface area contributed by atoms with Gasteiger partial charge in [0.25, 0.3) is 0 Å². The Bertz CT molecular complexity index is 424. The zero-order chi connectivity index (χ0) is 13.7. The first-order valence-corrected chi connectivity index (χ1v) is 6.79. The van der Waals surface area contributed by atoms with Gasteiger partial charge in [-0.15, -0.1) is 0 Å². The summed E-state index contributed by atoms with van der Waals surface area (Å²) in [5.41, 5.74) is 0.363. The lowest BCUT2D eigenvalue weighted by Gasteiger charge is -2.38. The number of aryl methyl sites for hydroxylation is 1. The van der Waals surface area contributed by atoms with Crippen LogP contribution in [0.15, 0.2) is 18.6 Å². The van der Waals surface area contributed by atoms with Gasteiger partial charge in [-0.05, 0) is 45.7 Å². The third-order valence-electron chi connectivity index (χ3n) is 3.93. The minimum absolute atomic E-state index is 0.574. The van der Waals surface area contributed by atoms with Crippen LogP contribution in [0.3, 0.4) is 0 Å². The van der Waals surface area contributed by atoms with Crippen molar-refractivity contribution in [2.75, 3.05) is 20.1 Å². The maximum absolute atomic E-state index is 11.6. The Morgan fingerprint density at radius 3 is 3.00 bits per heavy atom. The summed E-state index contributed by atoms with van der Waals surface area (Å²) < 4.78 is 0. The molecule has 0 radical (unpaired) electrons. The molecule has 1 unspecified atom stereocenters. The first-order chi connectivity index (χ1) is 9.12. The van der Waals surface area contributed by atoms with Crippen molar-refractivity contribution in [2.24, 2.45) is 5.41 Å². The van der Waals surface area contributed by atoms with Crippen molar-refractivity contribution in [3.05, 3.63) is 24.3 Å². The highest BCUT2D eigenvalue weighted by molar-refractivity contribution is 5.75. The number of hydrogen-bond donors (Lipinski definition) is 1. The SMILES string of the molecule is CN1CCCC(CCCc2cnccn2)(C(=O)O)C1. The smallest absolute Gasteiger partial charge is 0.310 e. The predicted octanol–water partition coefficient (Wildman–Crippen LogP) is 1.60. The molecule has 1 fully saturated rings. The van der Waals surface area contributed by atoms with E-state index in [1.54, 1.807) is 18.6 Å². The topological polar surface area (TPSA) is 66.3 Å². The molecule has 1 N–H and O–H groups in total. The van der Waals surface area contributed by atoms with Crippen molar-refractivity contribution in [2.45, 2.75) is 32.1 Å². The van der Waals surface area contributed by atoms with Gasteiger partial charge in [-0.25, -0.2) is 0 Å². The Balaban J connectivity index is 1.92. The molecule has 5 nitrogen and oxygen atoms in total. The summed E-state index contributed by atoms with van der Waals surface area (Å²) in [4.78, 5) is 22.0. The molecule has 1 aromatic rings. The molecule has 2 rings (SSSR count). The number of likely N-dealkylation sites (tertiary alicyclic amines) is 1. The molecular weight excluding hydrogens is 242 g/mol. The lowest BCUT2D eigenvalue weighted by molar-refractivity contribution is -0.153. The summed E-state index contributed by atoms with van der Waals surface area (Å²) in [6.07, 6.45) is 9.19. The summed E-state index contributed by atoms with van der Waals surface area (Å²) >= 11 is 0. The van der Waals surface area contributed by atoms with Crippen LogP contribution in [0.4, 0.5) is 0 Å². The second kappa shape index (κ2) is 6.10. The number of carboxylic acid groups (broad SMARTS) is 1. The maximum atomic E-state index is 11.6. The maximum Gasteiger partial charge on any atom is 0.310 e. The van der Waals surface area contributed by atoms with E-state index in [0.29, 0.717) is 13.0 Å². The van der Waals surface area contributed by atoms with Gasteiger partial charge in [-0.2, -0.15) is 0 Å². The van der Waals surface area contributed by atoms with Crippen molar-refractivity contribution in [3.8, 4) is 0 Å². The number of hydrogen-bond acceptors (Lipinski definition) is 4. The molecule has 2 heterocycles. The number of carboxylic acids is 1. The molecule has 0 aliphatic carbocycles. The highest BCUT2D eigenvalue weighted by atomic mass is 16.4. The van der Waals surface area contributed by atoms with Crippen LogP contribution in [0, 0.1) is 5.41 Å². The van der Waals surface area contributed by atoms with Crippen LogP contribution in [0.1, 0.15) is 31.4 Å². The fourth-order valence-electron chi connectivity index (χ4n) is 2.91. The van der Waals surface area contributed by atoms with Crippen LogP contribution in [0.25, 0.3) is 0 Å². The Labute approximate surface area is 113 Å². The first kappa shape index (κ1) is 13.9. The van der Waals surface area contributed by atoms with Gasteiger partial charge in [0.05, 0.1) is 11.1 Å². The van der Waals surface area contributed by atoms with E-state index >= 15 is 0 Å². The van der Waals surface area contributed by atoms with Crippen molar-refractivity contribution in [1.82, 2.24) is 14.9 Å². The van der Waals surface area contributed by atoms with Crippen molar-refractivity contribution < 1.29 is 9.90 Å². The van der Waals surface area contributed by atoms with Crippen LogP contribution in [0.2, 0.25) is 0 Å². The van der Waals surface area contributed by atoms with E-state index in [1.165, 1.54) is 0 Å². The molecule has 1 aromatic heterocycles. The summed E-state index contributed by atoms with van der Waals surface area (Å²) in [5, 5.41) is 9.55. The van der Waals surface area contributed by atoms with Gasteiger partial charge in [0.1, 0.15) is 0 Å². The molecule has 1 saturated heterocycles. The van der Waals surface area contributed by atoms with Crippen molar-refractivity contribution >= 4 is 5.97 Å². The zero-order valence-electron chi connectivity index (χ0n) is 11.4. The average Bonchev–Trinajstić information content (AvgIpc) is 2.40. The lowest BCUT2D eigenvalue weighted by atomic mass is 9.76. The molecule has 0 amide bonds. The molecule has 0 spiro atoms. The van der Waals surface area contributed by atoms with E-state index in [9.17, 15) is 9.90 Å². The van der Waals surface area contributed by atoms with E-state index < -0.39 is 11.4 Å². The van der Waals surface area contributed by atoms with E-state index in [0.717, 1.165) is 37.9 Å². The quantitative estimate of drug-likeness (QED) is 0.874. The predicted molar refractivity (Wildman–Crippen MR) is 71.8 cm³/mol. The van der Waals surface area contributed by atoms with Crippen LogP contribution < -0.4 is 0 Å². The van der Waals surface area contributed by atoms with Gasteiger partial charge >= 0.3 is 5.97 Å². The number of aromatic nitrogens is 2. The first-order valence-electron chi connectivity index (χ1n) is 6.79. The minimum atomic E-state index is -0.654. The van der Waals surface area contributed by atoms with Gasteiger partial charge in [-0.3, -0.25) is 14.8 Å². The van der Waals surface area contributed by atoms with Gasteiger partial charge in [0.15, 0.2) is 0 Å². The normalized spacial score (nSPS) is 24.3. The summed E-state index contributed by atoms with van der Waals surface area (Å²) in [6.45, 7) is 1.65. The number of aliphatic carboxylic acids is 1. The molecule has 0 bridgehead atoms. The van der Waals surface area contributed by atoms with E-state index in [-0.39, 0.29) is 0 Å². The lowest BCUT2D eigenvalue weighted by Crippen LogP contribution is -2.46. The number of piperidine rings is 1. The Kier molecular flexibility index (Phi) is 4.47. The van der Waals surface area contributed by atoms with Crippen LogP contribution in [0.5, 0.6) is 0 Å². The third-order valence-corrected chi connectivity index (χ3v) is 3.93. The molecule has 5 heteroatoms. The molecule has 1 atom stereocenters. The minimum Gasteiger partial charge on any atom is -0.481 e. The number of rotatable bonds is 5. The summed E-state index contributed by atoms with van der Waals surface area (Å²) in [7, 11) is 2.00. The van der Waals surface area contributed by atoms with Crippen molar-refractivity contribution in [3.63, 3.8) is 0 Å². The molecule has 19 heavy (non-hydrogen) atoms. The largest absolute Gasteiger partial charge is 0.481 e.